The van der Waals surface area contributed by atoms with Gasteiger partial charge in [-0.25, -0.2) is 4.98 Å². The van der Waals surface area contributed by atoms with Crippen molar-refractivity contribution < 1.29 is 4.92 Å². The van der Waals surface area contributed by atoms with Crippen molar-refractivity contribution in [1.29, 1.82) is 0 Å². The minimum atomic E-state index is -0.340. The number of rotatable bonds is 2. The van der Waals surface area contributed by atoms with Gasteiger partial charge in [0.15, 0.2) is 0 Å². The minimum Gasteiger partial charge on any atom is -0.350 e. The Bertz CT molecular complexity index is 540. The lowest BCUT2D eigenvalue weighted by Gasteiger charge is -2.45. The highest BCUT2D eigenvalue weighted by Crippen LogP contribution is 2.39. The highest BCUT2D eigenvalue weighted by Gasteiger charge is 2.38. The summed E-state index contributed by atoms with van der Waals surface area (Å²) in [5.74, 6) is 0.507. The molecule has 0 amide bonds. The van der Waals surface area contributed by atoms with Crippen molar-refractivity contribution >= 4 is 27.4 Å². The van der Waals surface area contributed by atoms with Crippen LogP contribution in [-0.4, -0.2) is 36.1 Å². The number of nitro groups is 1. The van der Waals surface area contributed by atoms with Crippen LogP contribution in [0.3, 0.4) is 0 Å². The number of anilines is 1. The number of nitrogens with zero attached hydrogens (tertiary/aromatic N) is 3. The molecule has 7 heteroatoms. The number of pyridine rings is 1. The third-order valence-corrected chi connectivity index (χ3v) is 4.97. The van der Waals surface area contributed by atoms with Gasteiger partial charge in [0.05, 0.1) is 4.92 Å². The summed E-state index contributed by atoms with van der Waals surface area (Å²) in [5, 5.41) is 14.8. The molecule has 114 valence electrons. The molecule has 3 heterocycles. The molecule has 0 aliphatic carbocycles. The molecule has 21 heavy (non-hydrogen) atoms. The van der Waals surface area contributed by atoms with Gasteiger partial charge >= 0.3 is 5.69 Å². The Labute approximate surface area is 132 Å². The molecule has 2 aliphatic heterocycles. The molecule has 1 unspecified atom stereocenters. The van der Waals surface area contributed by atoms with E-state index < -0.39 is 0 Å². The number of hydrogen-bond acceptors (Lipinski definition) is 5. The Morgan fingerprint density at radius 2 is 2.24 bits per heavy atom. The molecule has 1 N–H and O–H groups in total. The fourth-order valence-electron chi connectivity index (χ4n) is 3.57. The Hall–Kier alpha value is -1.21. The minimum absolute atomic E-state index is 0.0881. The van der Waals surface area contributed by atoms with E-state index >= 15 is 0 Å². The highest BCUT2D eigenvalue weighted by molar-refractivity contribution is 9.10. The third kappa shape index (κ3) is 3.03. The van der Waals surface area contributed by atoms with Crippen LogP contribution in [0.5, 0.6) is 0 Å². The van der Waals surface area contributed by atoms with E-state index in [2.05, 4.69) is 31.1 Å². The van der Waals surface area contributed by atoms with Crippen LogP contribution in [0.4, 0.5) is 11.5 Å². The van der Waals surface area contributed by atoms with E-state index in [1.807, 2.05) is 0 Å². The van der Waals surface area contributed by atoms with Gasteiger partial charge in [-0.1, -0.05) is 0 Å². The van der Waals surface area contributed by atoms with Crippen molar-refractivity contribution in [2.45, 2.75) is 25.7 Å². The molecule has 3 rings (SSSR count). The zero-order valence-electron chi connectivity index (χ0n) is 11.8. The lowest BCUT2D eigenvalue weighted by molar-refractivity contribution is -0.384. The Morgan fingerprint density at radius 3 is 2.95 bits per heavy atom. The van der Waals surface area contributed by atoms with Gasteiger partial charge < -0.3 is 10.2 Å². The van der Waals surface area contributed by atoms with Crippen LogP contribution in [0, 0.1) is 15.5 Å². The van der Waals surface area contributed by atoms with E-state index in [4.69, 9.17) is 0 Å². The molecule has 0 saturated carbocycles. The van der Waals surface area contributed by atoms with Crippen LogP contribution in [-0.2, 0) is 0 Å². The van der Waals surface area contributed by atoms with Gasteiger partial charge in [0, 0.05) is 41.8 Å². The normalized spacial score (nSPS) is 26.0. The summed E-state index contributed by atoms with van der Waals surface area (Å²) < 4.78 is 0.643. The average Bonchev–Trinajstić information content (AvgIpc) is 2.48. The molecule has 1 aromatic heterocycles. The zero-order valence-corrected chi connectivity index (χ0v) is 13.4. The maximum absolute atomic E-state index is 11.3. The number of hydrogen-bond donors (Lipinski definition) is 1. The predicted octanol–water partition coefficient (Wildman–Crippen LogP) is 2.72. The Kier molecular flexibility index (Phi) is 4.12. The van der Waals surface area contributed by atoms with Crippen molar-refractivity contribution in [3.05, 3.63) is 26.9 Å². The molecule has 0 bridgehead atoms. The second-order valence-electron chi connectivity index (χ2n) is 6.06. The number of piperidine rings is 2. The second-order valence-corrected chi connectivity index (χ2v) is 6.97. The van der Waals surface area contributed by atoms with Gasteiger partial charge in [-0.15, -0.1) is 0 Å². The number of nitrogens with one attached hydrogen (secondary N) is 1. The zero-order chi connectivity index (χ0) is 14.9. The van der Waals surface area contributed by atoms with Gasteiger partial charge in [-0.3, -0.25) is 10.1 Å². The standard InChI is InChI=1S/C14H19BrN4O2/c15-11-7-12(19(20)21)13(17-8-11)18-6-2-4-14(10-18)3-1-5-16-9-14/h7-8,16H,1-6,9-10H2. The van der Waals surface area contributed by atoms with Gasteiger partial charge in [-0.05, 0) is 48.2 Å². The Balaban J connectivity index is 1.88. The van der Waals surface area contributed by atoms with Crippen LogP contribution in [0.1, 0.15) is 25.7 Å². The molecule has 0 aromatic carbocycles. The topological polar surface area (TPSA) is 71.3 Å². The van der Waals surface area contributed by atoms with Crippen LogP contribution >= 0.6 is 15.9 Å². The van der Waals surface area contributed by atoms with Crippen LogP contribution < -0.4 is 10.2 Å². The molecular weight excluding hydrogens is 336 g/mol. The predicted molar refractivity (Wildman–Crippen MR) is 84.6 cm³/mol. The van der Waals surface area contributed by atoms with E-state index in [0.29, 0.717) is 10.3 Å². The van der Waals surface area contributed by atoms with Crippen molar-refractivity contribution in [3.63, 3.8) is 0 Å². The van der Waals surface area contributed by atoms with Crippen LogP contribution in [0.2, 0.25) is 0 Å². The third-order valence-electron chi connectivity index (χ3n) is 4.53. The van der Waals surface area contributed by atoms with Gasteiger partial charge in [-0.2, -0.15) is 0 Å². The fraction of sp³-hybridized carbons (Fsp3) is 0.643. The van der Waals surface area contributed by atoms with Gasteiger partial charge in [0.25, 0.3) is 0 Å². The summed E-state index contributed by atoms with van der Waals surface area (Å²) in [6, 6.07) is 1.54. The first-order chi connectivity index (χ1) is 10.1. The summed E-state index contributed by atoms with van der Waals surface area (Å²) >= 11 is 3.26. The summed E-state index contributed by atoms with van der Waals surface area (Å²) in [4.78, 5) is 17.4. The maximum atomic E-state index is 11.3. The summed E-state index contributed by atoms with van der Waals surface area (Å²) in [6.07, 6.45) is 6.28. The van der Waals surface area contributed by atoms with E-state index in [-0.39, 0.29) is 16.0 Å². The quantitative estimate of drug-likeness (QED) is 0.652. The molecule has 1 aromatic rings. The molecular formula is C14H19BrN4O2. The van der Waals surface area contributed by atoms with E-state index in [0.717, 1.165) is 32.6 Å². The molecule has 1 atom stereocenters. The highest BCUT2D eigenvalue weighted by atomic mass is 79.9. The monoisotopic (exact) mass is 354 g/mol. The first kappa shape index (κ1) is 14.7. The lowest BCUT2D eigenvalue weighted by Crippen LogP contribution is -2.51. The smallest absolute Gasteiger partial charge is 0.312 e. The summed E-state index contributed by atoms with van der Waals surface area (Å²) in [7, 11) is 0. The van der Waals surface area contributed by atoms with Gasteiger partial charge in [0.2, 0.25) is 5.82 Å². The second kappa shape index (κ2) is 5.88. The molecule has 1 spiro atoms. The molecule has 0 radical (unpaired) electrons. The summed E-state index contributed by atoms with van der Waals surface area (Å²) in [5.41, 5.74) is 0.337. The average molecular weight is 355 g/mol. The molecule has 2 fully saturated rings. The number of aromatic nitrogens is 1. The molecule has 2 aliphatic rings. The molecule has 2 saturated heterocycles. The van der Waals surface area contributed by atoms with Crippen LogP contribution in [0.25, 0.3) is 0 Å². The van der Waals surface area contributed by atoms with E-state index in [1.165, 1.54) is 19.3 Å². The summed E-state index contributed by atoms with van der Waals surface area (Å²) in [6.45, 7) is 3.79. The maximum Gasteiger partial charge on any atom is 0.312 e. The van der Waals surface area contributed by atoms with E-state index in [9.17, 15) is 10.1 Å². The fourth-order valence-corrected chi connectivity index (χ4v) is 3.89. The first-order valence-electron chi connectivity index (χ1n) is 7.35. The lowest BCUT2D eigenvalue weighted by atomic mass is 9.74. The van der Waals surface area contributed by atoms with Crippen LogP contribution in [0.15, 0.2) is 16.7 Å². The Morgan fingerprint density at radius 1 is 1.43 bits per heavy atom. The van der Waals surface area contributed by atoms with Crippen molar-refractivity contribution in [2.75, 3.05) is 31.1 Å². The van der Waals surface area contributed by atoms with Crippen molar-refractivity contribution in [1.82, 2.24) is 10.3 Å². The van der Waals surface area contributed by atoms with Crippen molar-refractivity contribution in [2.24, 2.45) is 5.41 Å². The van der Waals surface area contributed by atoms with Crippen molar-refractivity contribution in [3.8, 4) is 0 Å². The molecule has 6 nitrogen and oxygen atoms in total. The SMILES string of the molecule is O=[N+]([O-])c1cc(Br)cnc1N1CCCC2(CCCNC2)C1. The largest absolute Gasteiger partial charge is 0.350 e. The van der Waals surface area contributed by atoms with Gasteiger partial charge in [0.1, 0.15) is 0 Å². The first-order valence-corrected chi connectivity index (χ1v) is 8.15. The number of halogens is 1. The van der Waals surface area contributed by atoms with E-state index in [1.54, 1.807) is 12.3 Å².